The van der Waals surface area contributed by atoms with Crippen LogP contribution < -0.4 is 10.6 Å². The summed E-state index contributed by atoms with van der Waals surface area (Å²) in [5, 5.41) is 3.83. The summed E-state index contributed by atoms with van der Waals surface area (Å²) in [4.78, 5) is 0. The van der Waals surface area contributed by atoms with Gasteiger partial charge >= 0.3 is 12.4 Å². The molecule has 0 radical (unpaired) electrons. The van der Waals surface area contributed by atoms with Crippen molar-refractivity contribution in [2.75, 3.05) is 13.6 Å². The van der Waals surface area contributed by atoms with Crippen LogP contribution >= 0.6 is 0 Å². The van der Waals surface area contributed by atoms with E-state index in [1.54, 1.807) is 0 Å². The molecular weight excluding hydrogens is 238 g/mol. The number of alkyl halides is 6. The Morgan fingerprint density at radius 2 is 1.38 bits per heavy atom. The summed E-state index contributed by atoms with van der Waals surface area (Å²) in [6, 6.07) is -4.32. The summed E-state index contributed by atoms with van der Waals surface area (Å²) in [6.45, 7) is 1.36. The third-order valence-corrected chi connectivity index (χ3v) is 2.06. The van der Waals surface area contributed by atoms with Gasteiger partial charge in [0, 0.05) is 0 Å². The topological polar surface area (TPSA) is 24.1 Å². The summed E-state index contributed by atoms with van der Waals surface area (Å²) in [7, 11) is 0.984. The number of halogens is 6. The standard InChI is InChI=1S/C8H14F6N2/c1-3-16-6(8(12,13)14)4-5(15-2)7(9,10)11/h5-6,15-16H,3-4H2,1-2H3. The average molecular weight is 252 g/mol. The van der Waals surface area contributed by atoms with E-state index in [9.17, 15) is 26.3 Å². The van der Waals surface area contributed by atoms with Gasteiger partial charge in [-0.1, -0.05) is 6.92 Å². The molecule has 0 fully saturated rings. The monoisotopic (exact) mass is 252 g/mol. The van der Waals surface area contributed by atoms with Crippen molar-refractivity contribution in [1.29, 1.82) is 0 Å². The van der Waals surface area contributed by atoms with Gasteiger partial charge in [0.15, 0.2) is 0 Å². The number of nitrogens with one attached hydrogen (secondary N) is 2. The van der Waals surface area contributed by atoms with Crippen molar-refractivity contribution in [3.8, 4) is 0 Å². The number of hydrogen-bond acceptors (Lipinski definition) is 2. The molecule has 0 bridgehead atoms. The van der Waals surface area contributed by atoms with Gasteiger partial charge < -0.3 is 10.6 Å². The zero-order valence-corrected chi connectivity index (χ0v) is 8.84. The maximum Gasteiger partial charge on any atom is 0.403 e. The first-order chi connectivity index (χ1) is 7.12. The summed E-state index contributed by atoms with van der Waals surface area (Å²) in [5.41, 5.74) is 0. The van der Waals surface area contributed by atoms with E-state index in [1.807, 2.05) is 10.6 Å². The van der Waals surface area contributed by atoms with Crippen LogP contribution in [0.4, 0.5) is 26.3 Å². The van der Waals surface area contributed by atoms with Gasteiger partial charge in [-0.15, -0.1) is 0 Å². The van der Waals surface area contributed by atoms with E-state index in [0.717, 1.165) is 7.05 Å². The largest absolute Gasteiger partial charge is 0.403 e. The van der Waals surface area contributed by atoms with Crippen molar-refractivity contribution in [3.63, 3.8) is 0 Å². The molecule has 2 unspecified atom stereocenters. The summed E-state index contributed by atoms with van der Waals surface area (Å²) >= 11 is 0. The highest BCUT2D eigenvalue weighted by atomic mass is 19.4. The van der Waals surface area contributed by atoms with Crippen LogP contribution in [0.2, 0.25) is 0 Å². The molecule has 0 amide bonds. The van der Waals surface area contributed by atoms with Crippen LogP contribution in [-0.4, -0.2) is 38.0 Å². The number of rotatable bonds is 5. The summed E-state index contributed by atoms with van der Waals surface area (Å²) in [6.07, 6.45) is -10.4. The molecule has 0 rings (SSSR count). The molecule has 0 spiro atoms. The molecular formula is C8H14F6N2. The number of hydrogen-bond donors (Lipinski definition) is 2. The first-order valence-electron chi connectivity index (χ1n) is 4.67. The molecule has 8 heteroatoms. The molecule has 2 nitrogen and oxygen atoms in total. The molecule has 98 valence electrons. The van der Waals surface area contributed by atoms with E-state index in [2.05, 4.69) is 0 Å². The molecule has 0 aliphatic rings. The average Bonchev–Trinajstić information content (AvgIpc) is 2.07. The first kappa shape index (κ1) is 15.5. The van der Waals surface area contributed by atoms with Gasteiger partial charge in [-0.3, -0.25) is 0 Å². The van der Waals surface area contributed by atoms with Crippen LogP contribution in [0, 0.1) is 0 Å². The Morgan fingerprint density at radius 1 is 0.938 bits per heavy atom. The zero-order valence-electron chi connectivity index (χ0n) is 8.84. The third-order valence-electron chi connectivity index (χ3n) is 2.06. The molecule has 0 aromatic carbocycles. The molecule has 2 atom stereocenters. The fourth-order valence-corrected chi connectivity index (χ4v) is 1.23. The highest BCUT2D eigenvalue weighted by molar-refractivity contribution is 4.84. The maximum atomic E-state index is 12.3. The van der Waals surface area contributed by atoms with Gasteiger partial charge in [0.1, 0.15) is 12.1 Å². The molecule has 0 saturated heterocycles. The molecule has 0 aromatic rings. The van der Waals surface area contributed by atoms with Crippen molar-refractivity contribution in [2.24, 2.45) is 0 Å². The predicted octanol–water partition coefficient (Wildman–Crippen LogP) is 2.07. The van der Waals surface area contributed by atoms with Gasteiger partial charge in [-0.25, -0.2) is 0 Å². The maximum absolute atomic E-state index is 12.3. The highest BCUT2D eigenvalue weighted by Gasteiger charge is 2.46. The highest BCUT2D eigenvalue weighted by Crippen LogP contribution is 2.29. The fraction of sp³-hybridized carbons (Fsp3) is 1.00. The van der Waals surface area contributed by atoms with Crippen molar-refractivity contribution >= 4 is 0 Å². The van der Waals surface area contributed by atoms with Crippen molar-refractivity contribution < 1.29 is 26.3 Å². The molecule has 0 aliphatic carbocycles. The predicted molar refractivity (Wildman–Crippen MR) is 47.0 cm³/mol. The quantitative estimate of drug-likeness (QED) is 0.732. The van der Waals surface area contributed by atoms with Crippen LogP contribution in [0.1, 0.15) is 13.3 Å². The minimum atomic E-state index is -4.69. The van der Waals surface area contributed by atoms with Gasteiger partial charge in [0.25, 0.3) is 0 Å². The van der Waals surface area contributed by atoms with E-state index >= 15 is 0 Å². The van der Waals surface area contributed by atoms with Crippen molar-refractivity contribution in [1.82, 2.24) is 10.6 Å². The van der Waals surface area contributed by atoms with Gasteiger partial charge in [-0.05, 0) is 20.0 Å². The Kier molecular flexibility index (Phi) is 5.54. The lowest BCUT2D eigenvalue weighted by molar-refractivity contribution is -0.184. The second-order valence-corrected chi connectivity index (χ2v) is 3.27. The van der Waals surface area contributed by atoms with E-state index in [0.29, 0.717) is 0 Å². The van der Waals surface area contributed by atoms with Gasteiger partial charge in [-0.2, -0.15) is 26.3 Å². The Balaban J connectivity index is 4.60. The molecule has 0 saturated carbocycles. The van der Waals surface area contributed by atoms with Crippen LogP contribution in [-0.2, 0) is 0 Å². The van der Waals surface area contributed by atoms with Crippen LogP contribution in [0.25, 0.3) is 0 Å². The van der Waals surface area contributed by atoms with E-state index in [-0.39, 0.29) is 6.54 Å². The second-order valence-electron chi connectivity index (χ2n) is 3.27. The van der Waals surface area contributed by atoms with Crippen LogP contribution in [0.3, 0.4) is 0 Å². The Hall–Kier alpha value is -0.500. The fourth-order valence-electron chi connectivity index (χ4n) is 1.23. The SMILES string of the molecule is CCNC(CC(NC)C(F)(F)F)C(F)(F)F. The smallest absolute Gasteiger partial charge is 0.309 e. The minimum absolute atomic E-state index is 0.0432. The zero-order chi connectivity index (χ0) is 13.0. The lowest BCUT2D eigenvalue weighted by Crippen LogP contribution is -2.50. The summed E-state index contributed by atoms with van der Waals surface area (Å²) in [5.74, 6) is 0. The van der Waals surface area contributed by atoms with Crippen LogP contribution in [0.15, 0.2) is 0 Å². The second kappa shape index (κ2) is 5.72. The summed E-state index contributed by atoms with van der Waals surface area (Å²) < 4.78 is 73.8. The Labute approximate surface area is 89.4 Å². The molecule has 16 heavy (non-hydrogen) atoms. The lowest BCUT2D eigenvalue weighted by atomic mass is 10.1. The lowest BCUT2D eigenvalue weighted by Gasteiger charge is -2.27. The van der Waals surface area contributed by atoms with E-state index in [1.165, 1.54) is 6.92 Å². The molecule has 0 aromatic heterocycles. The van der Waals surface area contributed by atoms with E-state index in [4.69, 9.17) is 0 Å². The van der Waals surface area contributed by atoms with Gasteiger partial charge in [0.05, 0.1) is 0 Å². The van der Waals surface area contributed by atoms with E-state index < -0.39 is 30.9 Å². The third kappa shape index (κ3) is 5.02. The van der Waals surface area contributed by atoms with Crippen molar-refractivity contribution in [3.05, 3.63) is 0 Å². The normalized spacial score (nSPS) is 17.2. The minimum Gasteiger partial charge on any atom is -0.309 e. The Morgan fingerprint density at radius 3 is 1.62 bits per heavy atom. The molecule has 0 aliphatic heterocycles. The van der Waals surface area contributed by atoms with Crippen molar-refractivity contribution in [2.45, 2.75) is 37.8 Å². The molecule has 2 N–H and O–H groups in total. The van der Waals surface area contributed by atoms with Gasteiger partial charge in [0.2, 0.25) is 0 Å². The first-order valence-corrected chi connectivity index (χ1v) is 4.67. The van der Waals surface area contributed by atoms with Crippen LogP contribution in [0.5, 0.6) is 0 Å². The molecule has 0 heterocycles. The Bertz CT molecular complexity index is 200.